The zero-order chi connectivity index (χ0) is 9.85. The quantitative estimate of drug-likeness (QED) is 0.707. The van der Waals surface area contributed by atoms with Crippen molar-refractivity contribution in [3.63, 3.8) is 0 Å². The Labute approximate surface area is 92.7 Å². The van der Waals surface area contributed by atoms with E-state index in [0.29, 0.717) is 11.3 Å². The van der Waals surface area contributed by atoms with Gasteiger partial charge in [0.05, 0.1) is 0 Å². The number of nitrogens with two attached hydrogens (primary N) is 1. The molecular weight excluding hydrogens is 198 g/mol. The fourth-order valence-corrected chi connectivity index (χ4v) is 3.23. The minimum Gasteiger partial charge on any atom is -0.396 e. The van der Waals surface area contributed by atoms with E-state index in [0.717, 1.165) is 24.7 Å². The summed E-state index contributed by atoms with van der Waals surface area (Å²) in [6.07, 6.45) is 2.22. The molecule has 0 amide bonds. The lowest BCUT2D eigenvalue weighted by Crippen LogP contribution is -2.48. The van der Waals surface area contributed by atoms with Gasteiger partial charge < -0.3 is 10.8 Å². The van der Waals surface area contributed by atoms with Gasteiger partial charge >= 0.3 is 0 Å². The molecule has 84 valence electrons. The van der Waals surface area contributed by atoms with E-state index in [1.807, 2.05) is 0 Å². The molecule has 2 aliphatic carbocycles. The first-order valence-corrected chi connectivity index (χ1v) is 5.29. The molecule has 2 unspecified atom stereocenters. The van der Waals surface area contributed by atoms with Crippen molar-refractivity contribution >= 4 is 12.4 Å². The normalized spacial score (nSPS) is 49.1. The van der Waals surface area contributed by atoms with Crippen molar-refractivity contribution in [2.75, 3.05) is 6.61 Å². The van der Waals surface area contributed by atoms with Crippen molar-refractivity contribution in [1.82, 2.24) is 0 Å². The summed E-state index contributed by atoms with van der Waals surface area (Å²) in [6, 6.07) is 0. The van der Waals surface area contributed by atoms with Gasteiger partial charge in [0.1, 0.15) is 0 Å². The standard InChI is InChI=1S/C11H21NO.ClH/c1-10(2)8-4-7(6-13)11(3,12)5-9(8)10;/h7-9,13H,4-6,12H2,1-3H3;1H/t7-,8?,9?,11-;/m1./s1. The highest BCUT2D eigenvalue weighted by Gasteiger charge is 2.62. The predicted octanol–water partition coefficient (Wildman–Crippen LogP) is 1.80. The average Bonchev–Trinajstić information content (AvgIpc) is 2.50. The molecule has 0 heterocycles. The summed E-state index contributed by atoms with van der Waals surface area (Å²) in [5, 5.41) is 9.25. The molecule has 0 aliphatic heterocycles. The molecular formula is C11H22ClNO. The van der Waals surface area contributed by atoms with E-state index < -0.39 is 0 Å². The summed E-state index contributed by atoms with van der Waals surface area (Å²) >= 11 is 0. The number of halogens is 1. The molecule has 0 aromatic heterocycles. The Morgan fingerprint density at radius 3 is 2.36 bits per heavy atom. The molecule has 3 N–H and O–H groups in total. The zero-order valence-corrected chi connectivity index (χ0v) is 10.1. The van der Waals surface area contributed by atoms with Gasteiger partial charge in [-0.3, -0.25) is 0 Å². The van der Waals surface area contributed by atoms with Crippen molar-refractivity contribution in [2.45, 2.75) is 39.2 Å². The van der Waals surface area contributed by atoms with E-state index in [9.17, 15) is 5.11 Å². The van der Waals surface area contributed by atoms with E-state index in [-0.39, 0.29) is 24.6 Å². The third-order valence-electron chi connectivity index (χ3n) is 4.64. The van der Waals surface area contributed by atoms with Crippen LogP contribution in [0, 0.1) is 23.2 Å². The van der Waals surface area contributed by atoms with Crippen LogP contribution < -0.4 is 5.73 Å². The van der Waals surface area contributed by atoms with E-state index in [2.05, 4.69) is 20.8 Å². The van der Waals surface area contributed by atoms with Gasteiger partial charge in [-0.2, -0.15) is 0 Å². The highest BCUT2D eigenvalue weighted by atomic mass is 35.5. The molecule has 0 aromatic rings. The molecule has 2 fully saturated rings. The number of aliphatic hydroxyl groups is 1. The molecule has 3 heteroatoms. The van der Waals surface area contributed by atoms with Crippen LogP contribution in [0.15, 0.2) is 0 Å². The Morgan fingerprint density at radius 1 is 1.29 bits per heavy atom. The molecule has 0 radical (unpaired) electrons. The van der Waals surface area contributed by atoms with Gasteiger partial charge in [-0.1, -0.05) is 13.8 Å². The second kappa shape index (κ2) is 3.36. The highest BCUT2D eigenvalue weighted by Crippen LogP contribution is 2.67. The predicted molar refractivity (Wildman–Crippen MR) is 60.4 cm³/mol. The van der Waals surface area contributed by atoms with E-state index in [1.54, 1.807) is 0 Å². The molecule has 14 heavy (non-hydrogen) atoms. The lowest BCUT2D eigenvalue weighted by atomic mass is 9.75. The van der Waals surface area contributed by atoms with Crippen molar-refractivity contribution in [1.29, 1.82) is 0 Å². The average molecular weight is 220 g/mol. The fourth-order valence-electron chi connectivity index (χ4n) is 3.23. The lowest BCUT2D eigenvalue weighted by molar-refractivity contribution is 0.115. The Kier molecular flexibility index (Phi) is 2.95. The first-order chi connectivity index (χ1) is 5.89. The maximum atomic E-state index is 9.25. The second-order valence-electron chi connectivity index (χ2n) is 5.86. The van der Waals surface area contributed by atoms with Crippen molar-refractivity contribution in [3.8, 4) is 0 Å². The molecule has 0 aromatic carbocycles. The third kappa shape index (κ3) is 1.58. The maximum Gasteiger partial charge on any atom is 0.0476 e. The summed E-state index contributed by atoms with van der Waals surface area (Å²) in [6.45, 7) is 7.02. The van der Waals surface area contributed by atoms with Gasteiger partial charge in [-0.25, -0.2) is 0 Å². The number of hydrogen-bond acceptors (Lipinski definition) is 2. The smallest absolute Gasteiger partial charge is 0.0476 e. The molecule has 2 saturated carbocycles. The fraction of sp³-hybridized carbons (Fsp3) is 1.00. The number of rotatable bonds is 1. The van der Waals surface area contributed by atoms with Crippen LogP contribution in [-0.4, -0.2) is 17.3 Å². The Morgan fingerprint density at radius 2 is 1.86 bits per heavy atom. The minimum absolute atomic E-state index is 0. The Bertz CT molecular complexity index is 227. The number of hydrogen-bond donors (Lipinski definition) is 2. The first-order valence-electron chi connectivity index (χ1n) is 5.29. The van der Waals surface area contributed by atoms with Crippen LogP contribution in [0.2, 0.25) is 0 Å². The van der Waals surface area contributed by atoms with Gasteiger partial charge in [0, 0.05) is 12.1 Å². The van der Waals surface area contributed by atoms with Crippen molar-refractivity contribution < 1.29 is 5.11 Å². The van der Waals surface area contributed by atoms with Crippen molar-refractivity contribution in [2.24, 2.45) is 28.9 Å². The highest BCUT2D eigenvalue weighted by molar-refractivity contribution is 5.85. The van der Waals surface area contributed by atoms with Crippen LogP contribution in [0.1, 0.15) is 33.6 Å². The van der Waals surface area contributed by atoms with Gasteiger partial charge in [0.15, 0.2) is 0 Å². The van der Waals surface area contributed by atoms with Crippen molar-refractivity contribution in [3.05, 3.63) is 0 Å². The van der Waals surface area contributed by atoms with Crippen LogP contribution >= 0.6 is 12.4 Å². The molecule has 0 spiro atoms. The van der Waals surface area contributed by atoms with Gasteiger partial charge in [-0.05, 0) is 42.9 Å². The van der Waals surface area contributed by atoms with Crippen LogP contribution in [0.5, 0.6) is 0 Å². The summed E-state index contributed by atoms with van der Waals surface area (Å²) in [4.78, 5) is 0. The van der Waals surface area contributed by atoms with E-state index in [4.69, 9.17) is 5.73 Å². The Hall–Kier alpha value is 0.210. The minimum atomic E-state index is -0.135. The van der Waals surface area contributed by atoms with Gasteiger partial charge in [0.25, 0.3) is 0 Å². The second-order valence-corrected chi connectivity index (χ2v) is 5.86. The summed E-state index contributed by atoms with van der Waals surface area (Å²) < 4.78 is 0. The van der Waals surface area contributed by atoms with Crippen LogP contribution in [0.3, 0.4) is 0 Å². The number of aliphatic hydroxyl groups excluding tert-OH is 1. The SMILES string of the molecule is CC1(C)C2C[C@H](CO)[C@](C)(N)CC21.Cl. The molecule has 4 atom stereocenters. The number of fused-ring (bicyclic) bond motifs is 1. The van der Waals surface area contributed by atoms with Gasteiger partial charge in [-0.15, -0.1) is 12.4 Å². The topological polar surface area (TPSA) is 46.2 Å². The van der Waals surface area contributed by atoms with Crippen LogP contribution in [0.4, 0.5) is 0 Å². The molecule has 2 aliphatic rings. The maximum absolute atomic E-state index is 9.25. The third-order valence-corrected chi connectivity index (χ3v) is 4.64. The lowest BCUT2D eigenvalue weighted by Gasteiger charge is -2.36. The van der Waals surface area contributed by atoms with E-state index in [1.165, 1.54) is 0 Å². The molecule has 2 rings (SSSR count). The molecule has 0 saturated heterocycles. The van der Waals surface area contributed by atoms with Crippen LogP contribution in [0.25, 0.3) is 0 Å². The summed E-state index contributed by atoms with van der Waals surface area (Å²) in [7, 11) is 0. The monoisotopic (exact) mass is 219 g/mol. The van der Waals surface area contributed by atoms with E-state index >= 15 is 0 Å². The zero-order valence-electron chi connectivity index (χ0n) is 9.29. The van der Waals surface area contributed by atoms with Gasteiger partial charge in [0.2, 0.25) is 0 Å². The summed E-state index contributed by atoms with van der Waals surface area (Å²) in [5.74, 6) is 1.95. The Balaban J connectivity index is 0.000000980. The molecule has 0 bridgehead atoms. The van der Waals surface area contributed by atoms with Crippen LogP contribution in [-0.2, 0) is 0 Å². The molecule has 2 nitrogen and oxygen atoms in total. The first kappa shape index (κ1) is 12.3. The largest absolute Gasteiger partial charge is 0.396 e. The summed E-state index contributed by atoms with van der Waals surface area (Å²) in [5.41, 5.74) is 6.57.